The minimum absolute atomic E-state index is 0.169. The van der Waals surface area contributed by atoms with Crippen LogP contribution < -0.4 is 10.6 Å². The van der Waals surface area contributed by atoms with Gasteiger partial charge in [-0.25, -0.2) is 0 Å². The van der Waals surface area contributed by atoms with Crippen molar-refractivity contribution in [1.82, 2.24) is 15.5 Å². The van der Waals surface area contributed by atoms with Crippen molar-refractivity contribution < 1.29 is 9.59 Å². The number of hydrogen-bond donors (Lipinski definition) is 3. The number of H-pyrrole nitrogens is 1. The number of nitrogens with zero attached hydrogens (tertiary/aromatic N) is 1. The minimum atomic E-state index is -0.195. The summed E-state index contributed by atoms with van der Waals surface area (Å²) >= 11 is 7.25. The van der Waals surface area contributed by atoms with E-state index in [4.69, 9.17) is 11.6 Å². The van der Waals surface area contributed by atoms with E-state index in [1.807, 2.05) is 37.3 Å². The first-order valence-corrected chi connectivity index (χ1v) is 10.5. The number of halogens is 1. The largest absolute Gasteiger partial charge is 0.347 e. The second-order valence-corrected chi connectivity index (χ2v) is 8.36. The van der Waals surface area contributed by atoms with Gasteiger partial charge in [-0.05, 0) is 41.8 Å². The first kappa shape index (κ1) is 20.1. The predicted octanol–water partition coefficient (Wildman–Crippen LogP) is 4.70. The minimum Gasteiger partial charge on any atom is -0.347 e. The van der Waals surface area contributed by atoms with Crippen LogP contribution in [0.5, 0.6) is 0 Å². The fraction of sp³-hybridized carbons (Fsp3) is 0.136. The molecule has 2 aromatic heterocycles. The summed E-state index contributed by atoms with van der Waals surface area (Å²) < 4.78 is 0. The lowest BCUT2D eigenvalue weighted by Gasteiger charge is -2.06. The molecule has 0 saturated heterocycles. The average Bonchev–Trinajstić information content (AvgIpc) is 3.29. The van der Waals surface area contributed by atoms with E-state index in [2.05, 4.69) is 20.8 Å². The van der Waals surface area contributed by atoms with E-state index in [0.29, 0.717) is 32.5 Å². The fourth-order valence-electron chi connectivity index (χ4n) is 3.10. The SMILES string of the molecule is Cc1ccccc1CNC(=O)c1cc2c(NC(=O)Cc3cccc(Cl)c3)[nH]nc2s1. The lowest BCUT2D eigenvalue weighted by atomic mass is 10.1. The summed E-state index contributed by atoms with van der Waals surface area (Å²) in [5.41, 5.74) is 3.02. The molecule has 0 atom stereocenters. The van der Waals surface area contributed by atoms with Crippen LogP contribution in [0.15, 0.2) is 54.6 Å². The van der Waals surface area contributed by atoms with E-state index in [-0.39, 0.29) is 18.2 Å². The van der Waals surface area contributed by atoms with Crippen molar-refractivity contribution in [3.8, 4) is 0 Å². The van der Waals surface area contributed by atoms with Crippen LogP contribution in [-0.2, 0) is 17.8 Å². The van der Waals surface area contributed by atoms with Crippen molar-refractivity contribution in [1.29, 1.82) is 0 Å². The summed E-state index contributed by atoms with van der Waals surface area (Å²) in [6, 6.07) is 16.8. The van der Waals surface area contributed by atoms with Crippen LogP contribution in [-0.4, -0.2) is 22.0 Å². The van der Waals surface area contributed by atoms with Crippen molar-refractivity contribution >= 4 is 50.8 Å². The molecule has 0 radical (unpaired) electrons. The van der Waals surface area contributed by atoms with Crippen LogP contribution in [0.3, 0.4) is 0 Å². The number of aromatic amines is 1. The maximum absolute atomic E-state index is 12.6. The van der Waals surface area contributed by atoms with Crippen molar-refractivity contribution in [3.05, 3.63) is 81.2 Å². The molecule has 4 aromatic rings. The number of fused-ring (bicyclic) bond motifs is 1. The first-order chi connectivity index (χ1) is 14.5. The molecule has 0 aliphatic heterocycles. The Morgan fingerprint density at radius 2 is 1.97 bits per heavy atom. The Balaban J connectivity index is 1.43. The second kappa shape index (κ2) is 8.69. The highest BCUT2D eigenvalue weighted by atomic mass is 35.5. The van der Waals surface area contributed by atoms with Crippen molar-refractivity contribution in [2.45, 2.75) is 19.9 Å². The molecule has 0 saturated carbocycles. The number of aryl methyl sites for hydroxylation is 1. The Morgan fingerprint density at radius 1 is 1.13 bits per heavy atom. The van der Waals surface area contributed by atoms with Gasteiger partial charge in [-0.3, -0.25) is 14.7 Å². The van der Waals surface area contributed by atoms with Crippen molar-refractivity contribution in [3.63, 3.8) is 0 Å². The van der Waals surface area contributed by atoms with Crippen molar-refractivity contribution in [2.24, 2.45) is 0 Å². The molecule has 4 rings (SSSR count). The molecule has 0 spiro atoms. The third kappa shape index (κ3) is 4.53. The van der Waals surface area contributed by atoms with Gasteiger partial charge in [-0.2, -0.15) is 5.10 Å². The summed E-state index contributed by atoms with van der Waals surface area (Å²) in [6.45, 7) is 2.47. The highest BCUT2D eigenvalue weighted by Crippen LogP contribution is 2.29. The quantitative estimate of drug-likeness (QED) is 0.408. The maximum Gasteiger partial charge on any atom is 0.261 e. The van der Waals surface area contributed by atoms with E-state index in [1.54, 1.807) is 24.3 Å². The number of carbonyl (C=O) groups excluding carboxylic acids is 2. The molecule has 0 bridgehead atoms. The molecule has 0 aliphatic rings. The monoisotopic (exact) mass is 438 g/mol. The first-order valence-electron chi connectivity index (χ1n) is 9.34. The van der Waals surface area contributed by atoms with Gasteiger partial charge in [0, 0.05) is 11.6 Å². The predicted molar refractivity (Wildman–Crippen MR) is 120 cm³/mol. The normalized spacial score (nSPS) is 10.9. The molecule has 8 heteroatoms. The molecule has 2 aromatic carbocycles. The van der Waals surface area contributed by atoms with Crippen LogP contribution in [0, 0.1) is 6.92 Å². The van der Waals surface area contributed by atoms with Gasteiger partial charge in [0.2, 0.25) is 5.91 Å². The Hall–Kier alpha value is -3.16. The van der Waals surface area contributed by atoms with E-state index in [0.717, 1.165) is 16.7 Å². The van der Waals surface area contributed by atoms with Gasteiger partial charge in [-0.1, -0.05) is 48.0 Å². The summed E-state index contributed by atoms with van der Waals surface area (Å²) in [5.74, 6) is 0.114. The van der Waals surface area contributed by atoms with Crippen molar-refractivity contribution in [2.75, 3.05) is 5.32 Å². The van der Waals surface area contributed by atoms with Gasteiger partial charge in [0.15, 0.2) is 0 Å². The number of hydrogen-bond acceptors (Lipinski definition) is 4. The van der Waals surface area contributed by atoms with E-state index in [9.17, 15) is 9.59 Å². The van der Waals surface area contributed by atoms with Gasteiger partial charge in [0.25, 0.3) is 5.91 Å². The zero-order chi connectivity index (χ0) is 21.1. The maximum atomic E-state index is 12.6. The number of thiophene rings is 1. The van der Waals surface area contributed by atoms with E-state index >= 15 is 0 Å². The molecule has 0 unspecified atom stereocenters. The molecule has 6 nitrogen and oxygen atoms in total. The molecule has 152 valence electrons. The highest BCUT2D eigenvalue weighted by Gasteiger charge is 2.16. The van der Waals surface area contributed by atoms with E-state index in [1.165, 1.54) is 11.3 Å². The lowest BCUT2D eigenvalue weighted by molar-refractivity contribution is -0.115. The van der Waals surface area contributed by atoms with Crippen LogP contribution in [0.25, 0.3) is 10.2 Å². The number of rotatable bonds is 6. The molecule has 2 amide bonds. The zero-order valence-corrected chi connectivity index (χ0v) is 17.7. The summed E-state index contributed by atoms with van der Waals surface area (Å²) in [7, 11) is 0. The fourth-order valence-corrected chi connectivity index (χ4v) is 4.23. The van der Waals surface area contributed by atoms with Crippen LogP contribution >= 0.6 is 22.9 Å². The Bertz CT molecular complexity index is 1230. The van der Waals surface area contributed by atoms with Gasteiger partial charge in [0.05, 0.1) is 16.7 Å². The molecule has 3 N–H and O–H groups in total. The molecular weight excluding hydrogens is 420 g/mol. The summed E-state index contributed by atoms with van der Waals surface area (Å²) in [6.07, 6.45) is 0.189. The topological polar surface area (TPSA) is 86.9 Å². The Morgan fingerprint density at radius 3 is 2.77 bits per heavy atom. The number of nitrogens with one attached hydrogen (secondary N) is 3. The Labute approximate surface area is 182 Å². The third-order valence-corrected chi connectivity index (χ3v) is 5.96. The molecule has 0 aliphatic carbocycles. The standard InChI is InChI=1S/C22H19ClN4O2S/c1-13-5-2-3-7-15(13)12-24-21(29)18-11-17-20(26-27-22(17)30-18)25-19(28)10-14-6-4-8-16(23)9-14/h2-9,11H,10,12H2,1H3,(H,24,29)(H2,25,26,27,28). The molecule has 0 fully saturated rings. The Kier molecular flexibility index (Phi) is 5.83. The summed E-state index contributed by atoms with van der Waals surface area (Å²) in [5, 5.41) is 14.1. The number of amides is 2. The number of carbonyl (C=O) groups is 2. The van der Waals surface area contributed by atoms with E-state index < -0.39 is 0 Å². The lowest BCUT2D eigenvalue weighted by Crippen LogP contribution is -2.22. The highest BCUT2D eigenvalue weighted by molar-refractivity contribution is 7.20. The molecular formula is C22H19ClN4O2S. The van der Waals surface area contributed by atoms with Gasteiger partial charge in [0.1, 0.15) is 10.6 Å². The second-order valence-electron chi connectivity index (χ2n) is 6.89. The van der Waals surface area contributed by atoms with Crippen LogP contribution in [0.2, 0.25) is 5.02 Å². The van der Waals surface area contributed by atoms with Gasteiger partial charge < -0.3 is 10.6 Å². The van der Waals surface area contributed by atoms with Crippen LogP contribution in [0.4, 0.5) is 5.82 Å². The smallest absolute Gasteiger partial charge is 0.261 e. The third-order valence-electron chi connectivity index (χ3n) is 4.69. The van der Waals surface area contributed by atoms with Gasteiger partial charge in [-0.15, -0.1) is 11.3 Å². The molecule has 2 heterocycles. The van der Waals surface area contributed by atoms with Gasteiger partial charge >= 0.3 is 0 Å². The molecule has 30 heavy (non-hydrogen) atoms. The number of anilines is 1. The number of benzene rings is 2. The number of aromatic nitrogens is 2. The van der Waals surface area contributed by atoms with Crippen LogP contribution in [0.1, 0.15) is 26.4 Å². The zero-order valence-electron chi connectivity index (χ0n) is 16.2. The summed E-state index contributed by atoms with van der Waals surface area (Å²) in [4.78, 5) is 26.2. The average molecular weight is 439 g/mol.